The minimum atomic E-state index is -0.137. The highest BCUT2D eigenvalue weighted by molar-refractivity contribution is 6.21. The molecule has 1 aliphatic carbocycles. The van der Waals surface area contributed by atoms with Crippen LogP contribution in [0.15, 0.2) is 229 Å². The maximum Gasteiger partial charge on any atom is 0.143 e. The van der Waals surface area contributed by atoms with Crippen molar-refractivity contribution in [3.05, 3.63) is 236 Å². The fourth-order valence-corrected chi connectivity index (χ4v) is 10.1. The fourth-order valence-electron chi connectivity index (χ4n) is 10.1. The Kier molecular flexibility index (Phi) is 8.55. The van der Waals surface area contributed by atoms with Gasteiger partial charge in [0, 0.05) is 44.2 Å². The smallest absolute Gasteiger partial charge is 0.143 e. The van der Waals surface area contributed by atoms with E-state index in [1.807, 2.05) is 0 Å². The van der Waals surface area contributed by atoms with E-state index in [9.17, 15) is 0 Å². The second-order valence-electron chi connectivity index (χ2n) is 17.3. The van der Waals surface area contributed by atoms with Crippen molar-refractivity contribution in [1.29, 1.82) is 0 Å². The summed E-state index contributed by atoms with van der Waals surface area (Å²) >= 11 is 0. The van der Waals surface area contributed by atoms with Crippen LogP contribution in [0, 0.1) is 0 Å². The Balaban J connectivity index is 1.07. The molecule has 0 saturated heterocycles. The SMILES string of the molecule is CC1(C)c2ccccc2-c2ccc(N(c3ccc(-c4ccccc4)cc3)c3cccc(-c4cc(-c5ccccc5)cc5c4oc4c6ccccc6c(-c6ccccc6)cc54)c3)cc21. The van der Waals surface area contributed by atoms with Gasteiger partial charge in [0.15, 0.2) is 0 Å². The van der Waals surface area contributed by atoms with Gasteiger partial charge in [-0.2, -0.15) is 0 Å². The molecule has 1 aromatic heterocycles. The zero-order chi connectivity index (χ0) is 42.1. The van der Waals surface area contributed by atoms with Crippen molar-refractivity contribution < 1.29 is 4.42 Å². The van der Waals surface area contributed by atoms with Crippen LogP contribution in [0.5, 0.6) is 0 Å². The molecule has 298 valence electrons. The molecule has 2 heteroatoms. The van der Waals surface area contributed by atoms with Crippen molar-refractivity contribution in [2.24, 2.45) is 0 Å². The van der Waals surface area contributed by atoms with Gasteiger partial charge in [0.05, 0.1) is 0 Å². The number of nitrogens with zero attached hydrogens (tertiary/aromatic N) is 1. The first kappa shape index (κ1) is 36.9. The summed E-state index contributed by atoms with van der Waals surface area (Å²) in [7, 11) is 0. The van der Waals surface area contributed by atoms with Crippen LogP contribution in [0.4, 0.5) is 17.1 Å². The number of benzene rings is 10. The molecular weight excluding hydrogens is 763 g/mol. The lowest BCUT2D eigenvalue weighted by Gasteiger charge is -2.28. The lowest BCUT2D eigenvalue weighted by Crippen LogP contribution is -2.16. The summed E-state index contributed by atoms with van der Waals surface area (Å²) in [5.41, 5.74) is 19.5. The van der Waals surface area contributed by atoms with Crippen LogP contribution in [-0.4, -0.2) is 0 Å². The minimum Gasteiger partial charge on any atom is -0.455 e. The van der Waals surface area contributed by atoms with Crippen LogP contribution in [0.25, 0.3) is 88.3 Å². The molecule has 0 saturated carbocycles. The van der Waals surface area contributed by atoms with Gasteiger partial charge in [-0.25, -0.2) is 0 Å². The number of furan rings is 1. The molecule has 0 atom stereocenters. The van der Waals surface area contributed by atoms with Crippen molar-refractivity contribution in [3.8, 4) is 55.6 Å². The van der Waals surface area contributed by atoms with Crippen molar-refractivity contribution in [2.45, 2.75) is 19.3 Å². The summed E-state index contributed by atoms with van der Waals surface area (Å²) in [5, 5.41) is 4.50. The number of anilines is 3. The summed E-state index contributed by atoms with van der Waals surface area (Å²) in [4.78, 5) is 2.41. The second-order valence-corrected chi connectivity index (χ2v) is 17.3. The van der Waals surface area contributed by atoms with Gasteiger partial charge in [-0.15, -0.1) is 0 Å². The molecule has 1 heterocycles. The summed E-state index contributed by atoms with van der Waals surface area (Å²) in [6, 6.07) is 81.5. The number of rotatable bonds is 7. The van der Waals surface area contributed by atoms with E-state index in [0.717, 1.165) is 66.6 Å². The molecule has 11 aromatic rings. The monoisotopic (exact) mass is 805 g/mol. The van der Waals surface area contributed by atoms with Crippen LogP contribution in [0.2, 0.25) is 0 Å². The van der Waals surface area contributed by atoms with Crippen LogP contribution in [0.1, 0.15) is 25.0 Å². The zero-order valence-electron chi connectivity index (χ0n) is 35.2. The summed E-state index contributed by atoms with van der Waals surface area (Å²) in [6.45, 7) is 4.71. The van der Waals surface area contributed by atoms with Gasteiger partial charge >= 0.3 is 0 Å². The minimum absolute atomic E-state index is 0.137. The topological polar surface area (TPSA) is 16.4 Å². The Morgan fingerprint density at radius 3 is 1.60 bits per heavy atom. The maximum atomic E-state index is 7.15. The van der Waals surface area contributed by atoms with Gasteiger partial charge in [-0.1, -0.05) is 184 Å². The lowest BCUT2D eigenvalue weighted by molar-refractivity contribution is 0.660. The Morgan fingerprint density at radius 1 is 0.302 bits per heavy atom. The van der Waals surface area contributed by atoms with E-state index in [0.29, 0.717) is 0 Å². The predicted octanol–water partition coefficient (Wildman–Crippen LogP) is 17.2. The molecule has 0 fully saturated rings. The molecule has 12 rings (SSSR count). The Bertz CT molecular complexity index is 3510. The molecule has 0 amide bonds. The van der Waals surface area contributed by atoms with Crippen LogP contribution < -0.4 is 4.90 Å². The average Bonchev–Trinajstić information content (AvgIpc) is 3.84. The molecule has 2 nitrogen and oxygen atoms in total. The van der Waals surface area contributed by atoms with Gasteiger partial charge in [0.1, 0.15) is 11.2 Å². The lowest BCUT2D eigenvalue weighted by atomic mass is 9.82. The largest absolute Gasteiger partial charge is 0.455 e. The summed E-state index contributed by atoms with van der Waals surface area (Å²) in [5.74, 6) is 0. The summed E-state index contributed by atoms with van der Waals surface area (Å²) < 4.78 is 7.15. The Labute approximate surface area is 368 Å². The highest BCUT2D eigenvalue weighted by Gasteiger charge is 2.36. The maximum absolute atomic E-state index is 7.15. The first-order valence-corrected chi connectivity index (χ1v) is 21.8. The number of fused-ring (bicyclic) bond motifs is 8. The van der Waals surface area contributed by atoms with Crippen molar-refractivity contribution in [2.75, 3.05) is 4.90 Å². The van der Waals surface area contributed by atoms with E-state index >= 15 is 0 Å². The van der Waals surface area contributed by atoms with E-state index in [2.05, 4.69) is 243 Å². The Hall–Kier alpha value is -7.94. The first-order chi connectivity index (χ1) is 31.0. The third-order valence-corrected chi connectivity index (χ3v) is 13.2. The van der Waals surface area contributed by atoms with Crippen LogP contribution in [-0.2, 0) is 5.41 Å². The molecular formula is C61H43NO. The van der Waals surface area contributed by atoms with E-state index in [1.54, 1.807) is 0 Å². The molecule has 0 radical (unpaired) electrons. The molecule has 0 bridgehead atoms. The quantitative estimate of drug-likeness (QED) is 0.160. The van der Waals surface area contributed by atoms with Gasteiger partial charge in [-0.3, -0.25) is 0 Å². The van der Waals surface area contributed by atoms with Crippen molar-refractivity contribution in [1.82, 2.24) is 0 Å². The second kappa shape index (κ2) is 14.6. The van der Waals surface area contributed by atoms with E-state index in [4.69, 9.17) is 4.42 Å². The third-order valence-electron chi connectivity index (χ3n) is 13.2. The number of hydrogen-bond donors (Lipinski definition) is 0. The molecule has 1 aliphatic rings. The number of hydrogen-bond acceptors (Lipinski definition) is 2. The molecule has 63 heavy (non-hydrogen) atoms. The van der Waals surface area contributed by atoms with Crippen molar-refractivity contribution >= 4 is 49.8 Å². The van der Waals surface area contributed by atoms with E-state index < -0.39 is 0 Å². The molecule has 0 unspecified atom stereocenters. The van der Waals surface area contributed by atoms with Crippen molar-refractivity contribution in [3.63, 3.8) is 0 Å². The highest BCUT2D eigenvalue weighted by Crippen LogP contribution is 2.51. The molecule has 10 aromatic carbocycles. The van der Waals surface area contributed by atoms with Crippen LogP contribution in [0.3, 0.4) is 0 Å². The van der Waals surface area contributed by atoms with Gasteiger partial charge < -0.3 is 9.32 Å². The highest BCUT2D eigenvalue weighted by atomic mass is 16.3. The van der Waals surface area contributed by atoms with Crippen LogP contribution >= 0.6 is 0 Å². The Morgan fingerprint density at radius 2 is 0.857 bits per heavy atom. The molecule has 0 N–H and O–H groups in total. The summed E-state index contributed by atoms with van der Waals surface area (Å²) in [6.07, 6.45) is 0. The van der Waals surface area contributed by atoms with E-state index in [1.165, 1.54) is 49.9 Å². The average molecular weight is 806 g/mol. The standard InChI is InChI=1S/C61H43NO/c1-61(2)57-28-15-14-26-50(57)51-34-33-48(38-58(51)61)62(46-31-29-42(30-32-46)40-17-6-3-7-18-40)47-24-16-23-44(35-47)54-36-45(41-19-8-4-9-20-41)37-55-56-39-53(43-21-10-5-11-22-43)49-25-12-13-27-52(49)59(56)63-60(54)55/h3-39H,1-2H3. The first-order valence-electron chi connectivity index (χ1n) is 21.8. The zero-order valence-corrected chi connectivity index (χ0v) is 35.2. The normalized spacial score (nSPS) is 12.7. The fraction of sp³-hybridized carbons (Fsp3) is 0.0492. The van der Waals surface area contributed by atoms with Gasteiger partial charge in [0.25, 0.3) is 0 Å². The van der Waals surface area contributed by atoms with Gasteiger partial charge in [0.2, 0.25) is 0 Å². The third kappa shape index (κ3) is 6.09. The van der Waals surface area contributed by atoms with E-state index in [-0.39, 0.29) is 5.41 Å². The predicted molar refractivity (Wildman–Crippen MR) is 265 cm³/mol. The molecule has 0 spiro atoms. The molecule has 0 aliphatic heterocycles. The van der Waals surface area contributed by atoms with Gasteiger partial charge in [-0.05, 0) is 121 Å².